The molecule has 0 saturated carbocycles. The Balaban J connectivity index is 1.13. The quantitative estimate of drug-likeness (QED) is 0.527. The van der Waals surface area contributed by atoms with Gasteiger partial charge in [-0.1, -0.05) is 6.07 Å². The molecule has 166 valence electrons. The third-order valence-corrected chi connectivity index (χ3v) is 7.86. The van der Waals surface area contributed by atoms with Crippen LogP contribution in [0.25, 0.3) is 10.6 Å². The first-order valence-corrected chi connectivity index (χ1v) is 12.6. The maximum Gasteiger partial charge on any atom is 0.225 e. The topological polar surface area (TPSA) is 65.5 Å². The van der Waals surface area contributed by atoms with Crippen molar-refractivity contribution in [3.05, 3.63) is 52.4 Å². The fourth-order valence-electron chi connectivity index (χ4n) is 4.39. The zero-order valence-electron chi connectivity index (χ0n) is 17.7. The molecule has 0 N–H and O–H groups in total. The second-order valence-corrected chi connectivity index (χ2v) is 10.6. The largest absolute Gasteiger partial charge is 0.355 e. The molecule has 2 aliphatic rings. The third-order valence-electron chi connectivity index (χ3n) is 6.21. The fraction of sp³-hybridized carbons (Fsp3) is 0.391. The van der Waals surface area contributed by atoms with E-state index in [2.05, 4.69) is 40.9 Å². The van der Waals surface area contributed by atoms with E-state index in [1.165, 1.54) is 0 Å². The van der Waals surface area contributed by atoms with Crippen molar-refractivity contribution >= 4 is 44.8 Å². The summed E-state index contributed by atoms with van der Waals surface area (Å²) in [7, 11) is 0. The summed E-state index contributed by atoms with van der Waals surface area (Å²) in [6.45, 7) is 4.88. The summed E-state index contributed by atoms with van der Waals surface area (Å²) in [5.74, 6) is 2.28. The van der Waals surface area contributed by atoms with Crippen molar-refractivity contribution in [2.45, 2.75) is 12.8 Å². The van der Waals surface area contributed by atoms with Crippen molar-refractivity contribution in [2.75, 3.05) is 49.1 Å². The first kappa shape index (κ1) is 21.3. The molecular formula is C23H25BrN6OS. The summed E-state index contributed by atoms with van der Waals surface area (Å²) >= 11 is 5.14. The van der Waals surface area contributed by atoms with Crippen molar-refractivity contribution in [2.24, 2.45) is 5.92 Å². The van der Waals surface area contributed by atoms with E-state index in [-0.39, 0.29) is 5.92 Å². The standard InChI is InChI=1S/C23H25BrN6OS/c24-20-6-5-19(32-20)18-4-7-22(27-26-18)28-11-8-17(9-12-28)23(31)30-15-13-29(14-16-30)21-3-1-2-10-25-21/h1-7,10,17H,8-9,11-16H2. The number of carbonyl (C=O) groups is 1. The molecule has 0 aliphatic carbocycles. The molecule has 5 rings (SSSR count). The Morgan fingerprint density at radius 1 is 0.875 bits per heavy atom. The number of piperazine rings is 1. The number of halogens is 1. The molecule has 0 aromatic carbocycles. The van der Waals surface area contributed by atoms with E-state index >= 15 is 0 Å². The summed E-state index contributed by atoms with van der Waals surface area (Å²) in [6, 6.07) is 14.1. The van der Waals surface area contributed by atoms with Crippen molar-refractivity contribution in [1.82, 2.24) is 20.1 Å². The highest BCUT2D eigenvalue weighted by molar-refractivity contribution is 9.11. The fourth-order valence-corrected chi connectivity index (χ4v) is 5.74. The van der Waals surface area contributed by atoms with Crippen molar-refractivity contribution in [1.29, 1.82) is 0 Å². The minimum Gasteiger partial charge on any atom is -0.355 e. The Morgan fingerprint density at radius 2 is 1.66 bits per heavy atom. The molecule has 2 fully saturated rings. The van der Waals surface area contributed by atoms with E-state index in [1.807, 2.05) is 53.6 Å². The Bertz CT molecular complexity index is 1040. The van der Waals surface area contributed by atoms with Crippen LogP contribution in [-0.4, -0.2) is 65.3 Å². The van der Waals surface area contributed by atoms with Crippen LogP contribution < -0.4 is 9.80 Å². The van der Waals surface area contributed by atoms with Crippen molar-refractivity contribution in [3.63, 3.8) is 0 Å². The lowest BCUT2D eigenvalue weighted by Crippen LogP contribution is -2.52. The maximum absolute atomic E-state index is 13.1. The predicted molar refractivity (Wildman–Crippen MR) is 131 cm³/mol. The van der Waals surface area contributed by atoms with Crippen LogP contribution in [0, 0.1) is 5.92 Å². The van der Waals surface area contributed by atoms with Crippen LogP contribution in [0.5, 0.6) is 0 Å². The Morgan fingerprint density at radius 3 is 2.28 bits per heavy atom. The summed E-state index contributed by atoms with van der Waals surface area (Å²) in [5.41, 5.74) is 0.888. The number of hydrogen-bond donors (Lipinski definition) is 0. The minimum absolute atomic E-state index is 0.100. The average Bonchev–Trinajstić information content (AvgIpc) is 3.31. The number of nitrogens with zero attached hydrogens (tertiary/aromatic N) is 6. The molecule has 1 amide bonds. The summed E-state index contributed by atoms with van der Waals surface area (Å²) < 4.78 is 1.09. The smallest absolute Gasteiger partial charge is 0.225 e. The van der Waals surface area contributed by atoms with E-state index in [4.69, 9.17) is 0 Å². The predicted octanol–water partition coefficient (Wildman–Crippen LogP) is 3.93. The first-order chi connectivity index (χ1) is 15.7. The number of pyridine rings is 1. The van der Waals surface area contributed by atoms with Crippen LogP contribution in [0.4, 0.5) is 11.6 Å². The highest BCUT2D eigenvalue weighted by Crippen LogP contribution is 2.31. The van der Waals surface area contributed by atoms with Gasteiger partial charge in [0.05, 0.1) is 8.66 Å². The molecule has 3 aromatic heterocycles. The molecule has 3 aromatic rings. The van der Waals surface area contributed by atoms with Gasteiger partial charge < -0.3 is 14.7 Å². The lowest BCUT2D eigenvalue weighted by molar-refractivity contribution is -0.136. The van der Waals surface area contributed by atoms with Crippen LogP contribution in [-0.2, 0) is 4.79 Å². The average molecular weight is 513 g/mol. The van der Waals surface area contributed by atoms with Gasteiger partial charge in [0, 0.05) is 51.4 Å². The molecule has 5 heterocycles. The highest BCUT2D eigenvalue weighted by Gasteiger charge is 2.31. The Kier molecular flexibility index (Phi) is 6.36. The molecule has 0 bridgehead atoms. The van der Waals surface area contributed by atoms with Gasteiger partial charge in [-0.2, -0.15) is 0 Å². The van der Waals surface area contributed by atoms with Gasteiger partial charge in [0.25, 0.3) is 0 Å². The zero-order valence-corrected chi connectivity index (χ0v) is 20.1. The van der Waals surface area contributed by atoms with E-state index in [0.717, 1.165) is 78.1 Å². The van der Waals surface area contributed by atoms with Gasteiger partial charge in [0.2, 0.25) is 5.91 Å². The van der Waals surface area contributed by atoms with Gasteiger partial charge in [0.15, 0.2) is 5.82 Å². The number of piperidine rings is 1. The van der Waals surface area contributed by atoms with E-state index < -0.39 is 0 Å². The van der Waals surface area contributed by atoms with Gasteiger partial charge in [-0.15, -0.1) is 21.5 Å². The monoisotopic (exact) mass is 512 g/mol. The first-order valence-electron chi connectivity index (χ1n) is 11.0. The van der Waals surface area contributed by atoms with E-state index in [9.17, 15) is 4.79 Å². The molecule has 0 radical (unpaired) electrons. The normalized spacial score (nSPS) is 17.6. The lowest BCUT2D eigenvalue weighted by atomic mass is 9.95. The summed E-state index contributed by atoms with van der Waals surface area (Å²) in [4.78, 5) is 25.1. The van der Waals surface area contributed by atoms with Gasteiger partial charge in [0.1, 0.15) is 11.5 Å². The molecule has 7 nitrogen and oxygen atoms in total. The van der Waals surface area contributed by atoms with Crippen molar-refractivity contribution in [3.8, 4) is 10.6 Å². The molecule has 9 heteroatoms. The Hall–Kier alpha value is -2.52. The number of anilines is 2. The van der Waals surface area contributed by atoms with Gasteiger partial charge >= 0.3 is 0 Å². The number of amides is 1. The minimum atomic E-state index is 0.100. The van der Waals surface area contributed by atoms with Crippen LogP contribution in [0.2, 0.25) is 0 Å². The summed E-state index contributed by atoms with van der Waals surface area (Å²) in [6.07, 6.45) is 3.54. The number of rotatable bonds is 4. The molecular weight excluding hydrogens is 488 g/mol. The zero-order chi connectivity index (χ0) is 21.9. The van der Waals surface area contributed by atoms with Gasteiger partial charge in [-0.25, -0.2) is 4.98 Å². The SMILES string of the molecule is O=C(C1CCN(c2ccc(-c3ccc(Br)s3)nn2)CC1)N1CCN(c2ccccn2)CC1. The number of thiophene rings is 1. The van der Waals surface area contributed by atoms with Crippen LogP contribution >= 0.6 is 27.3 Å². The van der Waals surface area contributed by atoms with Crippen molar-refractivity contribution < 1.29 is 4.79 Å². The molecule has 0 unspecified atom stereocenters. The van der Waals surface area contributed by atoms with E-state index in [0.29, 0.717) is 5.91 Å². The number of hydrogen-bond acceptors (Lipinski definition) is 7. The number of aromatic nitrogens is 3. The van der Waals surface area contributed by atoms with Crippen LogP contribution in [0.15, 0.2) is 52.4 Å². The second kappa shape index (κ2) is 9.54. The van der Waals surface area contributed by atoms with Gasteiger partial charge in [-0.05, 0) is 65.2 Å². The van der Waals surface area contributed by atoms with Crippen LogP contribution in [0.3, 0.4) is 0 Å². The summed E-state index contributed by atoms with van der Waals surface area (Å²) in [5, 5.41) is 8.86. The van der Waals surface area contributed by atoms with Gasteiger partial charge in [-0.3, -0.25) is 4.79 Å². The van der Waals surface area contributed by atoms with Crippen LogP contribution in [0.1, 0.15) is 12.8 Å². The lowest BCUT2D eigenvalue weighted by Gasteiger charge is -2.39. The maximum atomic E-state index is 13.1. The molecule has 0 atom stereocenters. The molecule has 2 saturated heterocycles. The Labute approximate surface area is 200 Å². The molecule has 2 aliphatic heterocycles. The highest BCUT2D eigenvalue weighted by atomic mass is 79.9. The third kappa shape index (κ3) is 4.63. The molecule has 32 heavy (non-hydrogen) atoms. The number of carbonyl (C=O) groups excluding carboxylic acids is 1. The molecule has 0 spiro atoms. The van der Waals surface area contributed by atoms with E-state index in [1.54, 1.807) is 11.3 Å². The second-order valence-electron chi connectivity index (χ2n) is 8.14.